The molecule has 1 aromatic rings. The van der Waals surface area contributed by atoms with E-state index in [9.17, 15) is 0 Å². The van der Waals surface area contributed by atoms with Crippen LogP contribution in [0.15, 0.2) is 12.4 Å². The van der Waals surface area contributed by atoms with E-state index in [-0.39, 0.29) is 5.54 Å². The Bertz CT molecular complexity index is 273. The average molecular weight is 165 g/mol. The molecule has 1 saturated carbocycles. The lowest BCUT2D eigenvalue weighted by atomic mass is 10.2. The molecule has 0 amide bonds. The van der Waals surface area contributed by atoms with Crippen LogP contribution in [0.25, 0.3) is 0 Å². The zero-order valence-electron chi connectivity index (χ0n) is 7.45. The first-order valence-corrected chi connectivity index (χ1v) is 4.52. The van der Waals surface area contributed by atoms with Gasteiger partial charge in [0.25, 0.3) is 0 Å². The molecular formula is C9H15N3. The zero-order valence-corrected chi connectivity index (χ0v) is 7.45. The van der Waals surface area contributed by atoms with E-state index in [4.69, 9.17) is 5.73 Å². The summed E-state index contributed by atoms with van der Waals surface area (Å²) in [5.74, 6) is 1.14. The van der Waals surface area contributed by atoms with Gasteiger partial charge in [0, 0.05) is 30.9 Å². The Kier molecular flexibility index (Phi) is 1.68. The highest BCUT2D eigenvalue weighted by atomic mass is 15.1. The van der Waals surface area contributed by atoms with Crippen molar-refractivity contribution in [3.05, 3.63) is 18.2 Å². The van der Waals surface area contributed by atoms with Crippen LogP contribution in [0.2, 0.25) is 0 Å². The van der Waals surface area contributed by atoms with Gasteiger partial charge in [-0.2, -0.15) is 0 Å². The molecule has 0 unspecified atom stereocenters. The lowest BCUT2D eigenvalue weighted by molar-refractivity contribution is 0.600. The first-order chi connectivity index (χ1) is 5.73. The van der Waals surface area contributed by atoms with Crippen molar-refractivity contribution in [3.8, 4) is 0 Å². The first kappa shape index (κ1) is 7.80. The Balaban J connectivity index is 2.11. The molecule has 1 heterocycles. The van der Waals surface area contributed by atoms with Crippen LogP contribution in [0, 0.1) is 0 Å². The van der Waals surface area contributed by atoms with Gasteiger partial charge in [0.15, 0.2) is 0 Å². The van der Waals surface area contributed by atoms with Crippen LogP contribution < -0.4 is 5.73 Å². The lowest BCUT2D eigenvalue weighted by Crippen LogP contribution is -2.26. The molecule has 0 spiro atoms. The number of aromatic nitrogens is 2. The zero-order chi connectivity index (χ0) is 8.60. The summed E-state index contributed by atoms with van der Waals surface area (Å²) >= 11 is 0. The molecule has 2 rings (SSSR count). The molecule has 0 radical (unpaired) electrons. The fraction of sp³-hybridized carbons (Fsp3) is 0.667. The van der Waals surface area contributed by atoms with Gasteiger partial charge in [0.05, 0.1) is 0 Å². The van der Waals surface area contributed by atoms with E-state index in [0.29, 0.717) is 0 Å². The molecule has 1 aliphatic carbocycles. The maximum absolute atomic E-state index is 6.01. The third-order valence-corrected chi connectivity index (χ3v) is 2.54. The summed E-state index contributed by atoms with van der Waals surface area (Å²) in [6.07, 6.45) is 7.12. The average Bonchev–Trinajstić information content (AvgIpc) is 2.64. The third kappa shape index (κ3) is 1.37. The maximum Gasteiger partial charge on any atom is 0.110 e. The van der Waals surface area contributed by atoms with Gasteiger partial charge in [-0.15, -0.1) is 0 Å². The molecule has 0 saturated heterocycles. The van der Waals surface area contributed by atoms with Crippen molar-refractivity contribution in [1.82, 2.24) is 9.55 Å². The van der Waals surface area contributed by atoms with E-state index in [1.165, 1.54) is 0 Å². The van der Waals surface area contributed by atoms with Crippen LogP contribution in [0.5, 0.6) is 0 Å². The predicted octanol–water partition coefficient (Wildman–Crippen LogP) is 0.937. The van der Waals surface area contributed by atoms with Crippen molar-refractivity contribution >= 4 is 0 Å². The minimum Gasteiger partial charge on any atom is -0.335 e. The van der Waals surface area contributed by atoms with Crippen molar-refractivity contribution in [3.63, 3.8) is 0 Å². The van der Waals surface area contributed by atoms with E-state index in [0.717, 1.165) is 31.6 Å². The Hall–Kier alpha value is -0.830. The summed E-state index contributed by atoms with van der Waals surface area (Å²) in [7, 11) is 0. The normalized spacial score (nSPS) is 19.5. The van der Waals surface area contributed by atoms with E-state index >= 15 is 0 Å². The van der Waals surface area contributed by atoms with Crippen LogP contribution >= 0.6 is 0 Å². The number of nitrogens with zero attached hydrogens (tertiary/aromatic N) is 2. The van der Waals surface area contributed by atoms with E-state index in [2.05, 4.69) is 16.5 Å². The van der Waals surface area contributed by atoms with Crippen molar-refractivity contribution in [2.75, 3.05) is 0 Å². The minimum atomic E-state index is 0.0816. The fourth-order valence-electron chi connectivity index (χ4n) is 1.45. The Morgan fingerprint density at radius 2 is 2.42 bits per heavy atom. The Morgan fingerprint density at radius 3 is 3.00 bits per heavy atom. The molecule has 0 aliphatic heterocycles. The Morgan fingerprint density at radius 1 is 1.67 bits per heavy atom. The van der Waals surface area contributed by atoms with E-state index in [1.807, 2.05) is 12.4 Å². The van der Waals surface area contributed by atoms with Crippen LogP contribution in [-0.2, 0) is 13.0 Å². The molecule has 1 fully saturated rings. The monoisotopic (exact) mass is 165 g/mol. The van der Waals surface area contributed by atoms with Gasteiger partial charge in [-0.05, 0) is 19.8 Å². The van der Waals surface area contributed by atoms with Gasteiger partial charge in [0.1, 0.15) is 5.82 Å². The highest BCUT2D eigenvalue weighted by Crippen LogP contribution is 2.35. The molecule has 3 heteroatoms. The van der Waals surface area contributed by atoms with Crippen LogP contribution in [0.3, 0.4) is 0 Å². The molecule has 0 atom stereocenters. The van der Waals surface area contributed by atoms with Crippen molar-refractivity contribution in [1.29, 1.82) is 0 Å². The summed E-state index contributed by atoms with van der Waals surface area (Å²) in [5, 5.41) is 0. The van der Waals surface area contributed by atoms with Gasteiger partial charge >= 0.3 is 0 Å². The topological polar surface area (TPSA) is 43.8 Å². The van der Waals surface area contributed by atoms with Crippen molar-refractivity contribution < 1.29 is 0 Å². The van der Waals surface area contributed by atoms with Gasteiger partial charge in [-0.1, -0.05) is 0 Å². The number of nitrogens with two attached hydrogens (primary N) is 1. The number of hydrogen-bond acceptors (Lipinski definition) is 2. The molecule has 0 bridgehead atoms. The van der Waals surface area contributed by atoms with E-state index < -0.39 is 0 Å². The molecule has 66 valence electrons. The summed E-state index contributed by atoms with van der Waals surface area (Å²) in [6, 6.07) is 0. The van der Waals surface area contributed by atoms with Crippen LogP contribution in [0.4, 0.5) is 0 Å². The summed E-state index contributed by atoms with van der Waals surface area (Å²) in [6.45, 7) is 3.12. The number of hydrogen-bond donors (Lipinski definition) is 1. The SMILES string of the molecule is CCn1ccnc1CC1(N)CC1. The summed E-state index contributed by atoms with van der Waals surface area (Å²) < 4.78 is 2.16. The molecule has 3 nitrogen and oxygen atoms in total. The molecule has 1 aliphatic rings. The second kappa shape index (κ2) is 2.59. The smallest absolute Gasteiger partial charge is 0.110 e. The summed E-state index contributed by atoms with van der Waals surface area (Å²) in [5.41, 5.74) is 6.09. The first-order valence-electron chi connectivity index (χ1n) is 4.52. The number of imidazole rings is 1. The molecule has 12 heavy (non-hydrogen) atoms. The highest BCUT2D eigenvalue weighted by molar-refractivity contribution is 5.08. The highest BCUT2D eigenvalue weighted by Gasteiger charge is 2.39. The molecule has 2 N–H and O–H groups in total. The lowest BCUT2D eigenvalue weighted by Gasteiger charge is -2.09. The largest absolute Gasteiger partial charge is 0.335 e. The van der Waals surface area contributed by atoms with Gasteiger partial charge < -0.3 is 10.3 Å². The predicted molar refractivity (Wildman–Crippen MR) is 47.8 cm³/mol. The standard InChI is InChI=1S/C9H15N3/c1-2-12-6-5-11-8(12)7-9(10)3-4-9/h5-6H,2-4,7,10H2,1H3. The van der Waals surface area contributed by atoms with Crippen molar-refractivity contribution in [2.45, 2.75) is 38.3 Å². The quantitative estimate of drug-likeness (QED) is 0.724. The third-order valence-electron chi connectivity index (χ3n) is 2.54. The fourth-order valence-corrected chi connectivity index (χ4v) is 1.45. The number of rotatable bonds is 3. The van der Waals surface area contributed by atoms with Crippen LogP contribution in [-0.4, -0.2) is 15.1 Å². The van der Waals surface area contributed by atoms with Gasteiger partial charge in [0.2, 0.25) is 0 Å². The molecule has 0 aromatic carbocycles. The molecule has 1 aromatic heterocycles. The summed E-state index contributed by atoms with van der Waals surface area (Å²) in [4.78, 5) is 4.30. The second-order valence-corrected chi connectivity index (χ2v) is 3.67. The maximum atomic E-state index is 6.01. The van der Waals surface area contributed by atoms with Gasteiger partial charge in [-0.25, -0.2) is 4.98 Å². The van der Waals surface area contributed by atoms with Gasteiger partial charge in [-0.3, -0.25) is 0 Å². The molecular weight excluding hydrogens is 150 g/mol. The van der Waals surface area contributed by atoms with Crippen molar-refractivity contribution in [2.24, 2.45) is 5.73 Å². The van der Waals surface area contributed by atoms with E-state index in [1.54, 1.807) is 0 Å². The Labute approximate surface area is 72.6 Å². The second-order valence-electron chi connectivity index (χ2n) is 3.67. The van der Waals surface area contributed by atoms with Crippen LogP contribution in [0.1, 0.15) is 25.6 Å². The minimum absolute atomic E-state index is 0.0816. The number of aryl methyl sites for hydroxylation is 1.